The first-order valence-electron chi connectivity index (χ1n) is 7.64. The number of non-ortho nitro benzene ring substituents is 1. The highest BCUT2D eigenvalue weighted by molar-refractivity contribution is 7.19. The summed E-state index contributed by atoms with van der Waals surface area (Å²) in [6, 6.07) is 10.0. The molecule has 1 aliphatic rings. The zero-order chi connectivity index (χ0) is 17.4. The largest absolute Gasteiger partial charge is 0.456 e. The molecule has 7 nitrogen and oxygen atoms in total. The number of nitrogens with zero attached hydrogens (tertiary/aromatic N) is 4. The van der Waals surface area contributed by atoms with Gasteiger partial charge in [0.25, 0.3) is 5.69 Å². The minimum absolute atomic E-state index is 0.0360. The Bertz CT molecular complexity index is 968. The number of nitro groups is 1. The van der Waals surface area contributed by atoms with Gasteiger partial charge in [0.1, 0.15) is 17.5 Å². The molecule has 0 amide bonds. The van der Waals surface area contributed by atoms with Crippen molar-refractivity contribution in [3.05, 3.63) is 57.6 Å². The van der Waals surface area contributed by atoms with Crippen molar-refractivity contribution < 1.29 is 9.66 Å². The maximum Gasteiger partial charge on any atom is 0.269 e. The van der Waals surface area contributed by atoms with Crippen molar-refractivity contribution in [2.75, 3.05) is 13.6 Å². The molecular weight excluding hydrogens is 340 g/mol. The fourth-order valence-corrected chi connectivity index (χ4v) is 3.77. The van der Waals surface area contributed by atoms with Gasteiger partial charge < -0.3 is 9.64 Å². The maximum atomic E-state index is 10.7. The molecule has 1 atom stereocenters. The monoisotopic (exact) mass is 354 g/mol. The lowest BCUT2D eigenvalue weighted by molar-refractivity contribution is -0.384. The van der Waals surface area contributed by atoms with E-state index in [9.17, 15) is 10.1 Å². The van der Waals surface area contributed by atoms with Gasteiger partial charge in [-0.25, -0.2) is 0 Å². The summed E-state index contributed by atoms with van der Waals surface area (Å²) in [4.78, 5) is 22.4. The van der Waals surface area contributed by atoms with E-state index < -0.39 is 4.92 Å². The summed E-state index contributed by atoms with van der Waals surface area (Å²) in [7, 11) is 2.00. The number of aliphatic imine (C=N–C) groups is 1. The smallest absolute Gasteiger partial charge is 0.269 e. The Balaban J connectivity index is 1.64. The van der Waals surface area contributed by atoms with Crippen LogP contribution in [0.15, 0.2) is 47.6 Å². The van der Waals surface area contributed by atoms with Crippen molar-refractivity contribution in [2.24, 2.45) is 4.99 Å². The third kappa shape index (κ3) is 3.03. The van der Waals surface area contributed by atoms with Crippen LogP contribution >= 0.6 is 11.3 Å². The zero-order valence-electron chi connectivity index (χ0n) is 13.3. The number of hydrogen-bond acceptors (Lipinski definition) is 7. The molecule has 8 heteroatoms. The van der Waals surface area contributed by atoms with E-state index in [-0.39, 0.29) is 11.7 Å². The van der Waals surface area contributed by atoms with Gasteiger partial charge in [0.15, 0.2) is 0 Å². The second-order valence-electron chi connectivity index (χ2n) is 5.75. The Morgan fingerprint density at radius 1 is 1.32 bits per heavy atom. The number of ether oxygens (including phenoxy) is 1. The first-order valence-corrected chi connectivity index (χ1v) is 8.46. The molecule has 0 aliphatic carbocycles. The van der Waals surface area contributed by atoms with E-state index in [1.54, 1.807) is 35.7 Å². The third-order valence-electron chi connectivity index (χ3n) is 3.90. The van der Waals surface area contributed by atoms with E-state index in [1.165, 1.54) is 12.1 Å². The fourth-order valence-electron chi connectivity index (χ4n) is 2.67. The highest BCUT2D eigenvalue weighted by atomic mass is 32.1. The number of hydrogen-bond donors (Lipinski definition) is 0. The summed E-state index contributed by atoms with van der Waals surface area (Å²) in [5.41, 5.74) is 0.901. The number of pyridine rings is 1. The number of rotatable bonds is 4. The van der Waals surface area contributed by atoms with Crippen LogP contribution in [0.2, 0.25) is 0 Å². The van der Waals surface area contributed by atoms with E-state index in [2.05, 4.69) is 14.9 Å². The van der Waals surface area contributed by atoms with Gasteiger partial charge in [0.2, 0.25) is 0 Å². The normalized spacial score (nSPS) is 16.5. The SMILES string of the molecule is CN1C=NC(c2cc3nccc(Oc4ccc([N+](=O)[O-])cc4)c3s2)C1. The summed E-state index contributed by atoms with van der Waals surface area (Å²) in [6.07, 6.45) is 3.54. The molecule has 0 radical (unpaired) electrons. The minimum atomic E-state index is -0.431. The number of aromatic nitrogens is 1. The molecule has 0 bridgehead atoms. The van der Waals surface area contributed by atoms with Gasteiger partial charge in [-0.05, 0) is 18.2 Å². The van der Waals surface area contributed by atoms with E-state index >= 15 is 0 Å². The Kier molecular flexibility index (Phi) is 3.81. The summed E-state index contributed by atoms with van der Waals surface area (Å²) < 4.78 is 6.87. The Hall–Kier alpha value is -3.00. The van der Waals surface area contributed by atoms with Gasteiger partial charge >= 0.3 is 0 Å². The molecule has 0 saturated heterocycles. The lowest BCUT2D eigenvalue weighted by Crippen LogP contribution is -2.13. The number of thiophene rings is 1. The molecule has 0 N–H and O–H groups in total. The Morgan fingerprint density at radius 3 is 2.80 bits per heavy atom. The summed E-state index contributed by atoms with van der Waals surface area (Å²) in [5.74, 6) is 1.23. The van der Waals surface area contributed by atoms with Crippen LogP contribution in [-0.2, 0) is 0 Å². The molecule has 3 heterocycles. The van der Waals surface area contributed by atoms with Crippen LogP contribution in [0.25, 0.3) is 10.2 Å². The third-order valence-corrected chi connectivity index (χ3v) is 5.14. The molecule has 4 rings (SSSR count). The van der Waals surface area contributed by atoms with Gasteiger partial charge in [-0.1, -0.05) is 0 Å². The number of fused-ring (bicyclic) bond motifs is 1. The van der Waals surface area contributed by atoms with E-state index in [1.807, 2.05) is 19.5 Å². The summed E-state index contributed by atoms with van der Waals surface area (Å²) >= 11 is 1.61. The van der Waals surface area contributed by atoms with Gasteiger partial charge in [0, 0.05) is 42.9 Å². The van der Waals surface area contributed by atoms with Crippen molar-refractivity contribution >= 4 is 33.6 Å². The summed E-state index contributed by atoms with van der Waals surface area (Å²) in [6.45, 7) is 0.853. The molecule has 2 aromatic heterocycles. The van der Waals surface area contributed by atoms with Gasteiger partial charge in [-0.3, -0.25) is 20.1 Å². The lowest BCUT2D eigenvalue weighted by atomic mass is 10.2. The van der Waals surface area contributed by atoms with Crippen LogP contribution in [0.1, 0.15) is 10.9 Å². The molecular formula is C17H14N4O3S. The van der Waals surface area contributed by atoms with Crippen LogP contribution < -0.4 is 4.74 Å². The van der Waals surface area contributed by atoms with E-state index in [0.717, 1.165) is 21.6 Å². The highest BCUT2D eigenvalue weighted by Crippen LogP contribution is 2.38. The highest BCUT2D eigenvalue weighted by Gasteiger charge is 2.20. The Morgan fingerprint density at radius 2 is 2.12 bits per heavy atom. The van der Waals surface area contributed by atoms with Crippen molar-refractivity contribution in [1.29, 1.82) is 0 Å². The molecule has 25 heavy (non-hydrogen) atoms. The average Bonchev–Trinajstić information content (AvgIpc) is 3.22. The second kappa shape index (κ2) is 6.14. The molecule has 3 aromatic rings. The van der Waals surface area contributed by atoms with Crippen molar-refractivity contribution in [1.82, 2.24) is 9.88 Å². The molecule has 1 aromatic carbocycles. The number of nitro benzene ring substituents is 1. The van der Waals surface area contributed by atoms with Crippen LogP contribution in [0, 0.1) is 10.1 Å². The van der Waals surface area contributed by atoms with E-state index in [0.29, 0.717) is 11.5 Å². The fraction of sp³-hybridized carbons (Fsp3) is 0.176. The van der Waals surface area contributed by atoms with Gasteiger partial charge in [-0.2, -0.15) is 0 Å². The van der Waals surface area contributed by atoms with Crippen molar-refractivity contribution in [3.8, 4) is 11.5 Å². The first-order chi connectivity index (χ1) is 12.1. The number of likely N-dealkylation sites (N-methyl/N-ethyl adjacent to an activating group) is 1. The van der Waals surface area contributed by atoms with Crippen LogP contribution in [0.4, 0.5) is 5.69 Å². The average molecular weight is 354 g/mol. The molecule has 126 valence electrons. The predicted octanol–water partition coefficient (Wildman–Crippen LogP) is 4.01. The van der Waals surface area contributed by atoms with Gasteiger partial charge in [0.05, 0.1) is 21.5 Å². The molecule has 1 unspecified atom stereocenters. The molecule has 1 aliphatic heterocycles. The quantitative estimate of drug-likeness (QED) is 0.522. The first kappa shape index (κ1) is 15.5. The van der Waals surface area contributed by atoms with Crippen molar-refractivity contribution in [2.45, 2.75) is 6.04 Å². The van der Waals surface area contributed by atoms with Crippen LogP contribution in [0.5, 0.6) is 11.5 Å². The molecule has 0 fully saturated rings. The van der Waals surface area contributed by atoms with Crippen LogP contribution in [-0.4, -0.2) is 34.7 Å². The minimum Gasteiger partial charge on any atom is -0.456 e. The second-order valence-corrected chi connectivity index (χ2v) is 6.83. The Labute approximate surface area is 147 Å². The van der Waals surface area contributed by atoms with Gasteiger partial charge in [-0.15, -0.1) is 11.3 Å². The topological polar surface area (TPSA) is 80.9 Å². The summed E-state index contributed by atoms with van der Waals surface area (Å²) in [5, 5.41) is 10.7. The predicted molar refractivity (Wildman–Crippen MR) is 96.7 cm³/mol. The van der Waals surface area contributed by atoms with Crippen molar-refractivity contribution in [3.63, 3.8) is 0 Å². The zero-order valence-corrected chi connectivity index (χ0v) is 14.1. The molecule has 0 saturated carbocycles. The standard InChI is InChI=1S/C17H14N4O3S/c1-20-9-14(19-10-20)16-8-13-17(25-16)15(6-7-18-13)24-12-4-2-11(3-5-12)21(22)23/h2-8,10,14H,9H2,1H3. The van der Waals surface area contributed by atoms with E-state index in [4.69, 9.17) is 4.74 Å². The maximum absolute atomic E-state index is 10.7. The van der Waals surface area contributed by atoms with Crippen LogP contribution in [0.3, 0.4) is 0 Å². The molecule has 0 spiro atoms. The number of benzene rings is 1. The lowest BCUT2D eigenvalue weighted by Gasteiger charge is -2.07.